The largest absolute Gasteiger partial charge is 0.336 e. The van der Waals surface area contributed by atoms with Crippen molar-refractivity contribution in [2.75, 3.05) is 49.9 Å². The minimum absolute atomic E-state index is 0.0173. The first kappa shape index (κ1) is 32.1. The lowest BCUT2D eigenvalue weighted by molar-refractivity contribution is 0.102. The van der Waals surface area contributed by atoms with Crippen LogP contribution in [0.3, 0.4) is 0 Å². The Hall–Kier alpha value is -4.27. The van der Waals surface area contributed by atoms with E-state index in [1.54, 1.807) is 17.8 Å². The van der Waals surface area contributed by atoms with Crippen LogP contribution >= 0.6 is 0 Å². The maximum Gasteiger partial charge on any atom is 0.293 e. The first-order valence-electron chi connectivity index (χ1n) is 15.9. The summed E-state index contributed by atoms with van der Waals surface area (Å²) in [5.74, 6) is 0.0881. The molecule has 3 aromatic carbocycles. The molecule has 1 fully saturated rings. The van der Waals surface area contributed by atoms with E-state index in [0.29, 0.717) is 16.9 Å². The van der Waals surface area contributed by atoms with E-state index in [0.717, 1.165) is 62.5 Å². The number of hydrogen-bond donors (Lipinski definition) is 2. The number of amides is 1. The predicted octanol–water partition coefficient (Wildman–Crippen LogP) is 6.23. The van der Waals surface area contributed by atoms with Gasteiger partial charge in [0.05, 0.1) is 5.69 Å². The van der Waals surface area contributed by atoms with Crippen LogP contribution in [0.1, 0.15) is 54.7 Å². The highest BCUT2D eigenvalue weighted by Crippen LogP contribution is 2.29. The summed E-state index contributed by atoms with van der Waals surface area (Å²) in [6.07, 6.45) is 2.69. The topological polar surface area (TPSA) is 82.5 Å². The van der Waals surface area contributed by atoms with Crippen molar-refractivity contribution in [2.24, 2.45) is 7.05 Å². The van der Waals surface area contributed by atoms with Crippen LogP contribution in [0.15, 0.2) is 77.7 Å². The van der Waals surface area contributed by atoms with Gasteiger partial charge in [0.25, 0.3) is 11.5 Å². The molecule has 0 saturated carbocycles. The molecule has 2 N–H and O–H groups in total. The van der Waals surface area contributed by atoms with Gasteiger partial charge in [-0.05, 0) is 72.3 Å². The highest BCUT2D eigenvalue weighted by Gasteiger charge is 2.18. The van der Waals surface area contributed by atoms with Crippen molar-refractivity contribution in [1.29, 1.82) is 0 Å². The van der Waals surface area contributed by atoms with Crippen LogP contribution < -0.4 is 16.2 Å². The Bertz CT molecular complexity index is 1700. The molecule has 8 nitrogen and oxygen atoms in total. The van der Waals surface area contributed by atoms with Crippen molar-refractivity contribution in [2.45, 2.75) is 46.5 Å². The van der Waals surface area contributed by atoms with Crippen LogP contribution in [0.25, 0.3) is 11.3 Å². The maximum absolute atomic E-state index is 13.1. The number of carbonyl (C=O) groups excluding carboxylic acids is 1. The minimum Gasteiger partial charge on any atom is -0.336 e. The fourth-order valence-corrected chi connectivity index (χ4v) is 5.74. The number of nitrogens with zero attached hydrogens (tertiary/aromatic N) is 4. The van der Waals surface area contributed by atoms with Crippen molar-refractivity contribution in [3.63, 3.8) is 0 Å². The molecule has 5 rings (SSSR count). The molecule has 45 heavy (non-hydrogen) atoms. The number of likely N-dealkylation sites (N-methyl/N-ethyl adjacent to an activating group) is 1. The molecular formula is C37H46N6O2. The standard InChI is InChI=1S/C37H46N6O2/c1-7-42-20-22-43(23-21-42)19-18-27-10-8-11-30(24-27)38-34-36(45)41(6)25-33(39-34)31-12-9-13-32(26(31)2)40-35(44)28-14-16-29(17-15-28)37(3,4)5/h8-17,24-25H,7,18-23H2,1-6H3,(H,38,39)(H,40,44). The molecule has 8 heteroatoms. The molecule has 1 aromatic heterocycles. The lowest BCUT2D eigenvalue weighted by Gasteiger charge is -2.34. The highest BCUT2D eigenvalue weighted by atomic mass is 16.1. The minimum atomic E-state index is -0.209. The van der Waals surface area contributed by atoms with Gasteiger partial charge in [0.15, 0.2) is 5.82 Å². The summed E-state index contributed by atoms with van der Waals surface area (Å²) in [6, 6.07) is 21.7. The summed E-state index contributed by atoms with van der Waals surface area (Å²) in [4.78, 5) is 36.0. The van der Waals surface area contributed by atoms with Crippen LogP contribution in [0.5, 0.6) is 0 Å². The van der Waals surface area contributed by atoms with Crippen LogP contribution in [0.2, 0.25) is 0 Å². The van der Waals surface area contributed by atoms with Crippen molar-refractivity contribution < 1.29 is 4.79 Å². The summed E-state index contributed by atoms with van der Waals surface area (Å²) in [5.41, 5.74) is 6.69. The molecule has 1 aliphatic heterocycles. The van der Waals surface area contributed by atoms with E-state index < -0.39 is 0 Å². The second-order valence-corrected chi connectivity index (χ2v) is 13.0. The lowest BCUT2D eigenvalue weighted by atomic mass is 9.86. The molecule has 1 saturated heterocycles. The van der Waals surface area contributed by atoms with Crippen molar-refractivity contribution >= 4 is 23.1 Å². The van der Waals surface area contributed by atoms with Gasteiger partial charge < -0.3 is 25.0 Å². The summed E-state index contributed by atoms with van der Waals surface area (Å²) in [5, 5.41) is 6.35. The zero-order valence-corrected chi connectivity index (χ0v) is 27.5. The molecule has 0 unspecified atom stereocenters. The fraction of sp³-hybridized carbons (Fsp3) is 0.378. The molecule has 4 aromatic rings. The van der Waals surface area contributed by atoms with Gasteiger partial charge >= 0.3 is 0 Å². The molecule has 0 spiro atoms. The average Bonchev–Trinajstić information content (AvgIpc) is 3.03. The molecule has 1 aliphatic rings. The number of aryl methyl sites for hydroxylation is 1. The van der Waals surface area contributed by atoms with E-state index in [2.05, 4.69) is 60.3 Å². The quantitative estimate of drug-likeness (QED) is 0.235. The number of rotatable bonds is 9. The van der Waals surface area contributed by atoms with Crippen molar-refractivity contribution in [3.8, 4) is 11.3 Å². The number of aromatic nitrogens is 2. The number of piperazine rings is 1. The van der Waals surface area contributed by atoms with Gasteiger partial charge in [-0.3, -0.25) is 9.59 Å². The summed E-state index contributed by atoms with van der Waals surface area (Å²) >= 11 is 0. The molecule has 0 radical (unpaired) electrons. The van der Waals surface area contributed by atoms with Gasteiger partial charge in [0.2, 0.25) is 0 Å². The second kappa shape index (κ2) is 13.8. The van der Waals surface area contributed by atoms with E-state index in [1.165, 1.54) is 11.1 Å². The van der Waals surface area contributed by atoms with Crippen LogP contribution in [0, 0.1) is 6.92 Å². The number of nitrogens with one attached hydrogen (secondary N) is 2. The van der Waals surface area contributed by atoms with Crippen LogP contribution in [0.4, 0.5) is 17.2 Å². The smallest absolute Gasteiger partial charge is 0.293 e. The molecule has 2 heterocycles. The Morgan fingerprint density at radius 2 is 1.62 bits per heavy atom. The monoisotopic (exact) mass is 606 g/mol. The van der Waals surface area contributed by atoms with Crippen LogP contribution in [-0.4, -0.2) is 64.5 Å². The summed E-state index contributed by atoms with van der Waals surface area (Å²) in [7, 11) is 1.73. The third-order valence-corrected chi connectivity index (χ3v) is 8.76. The highest BCUT2D eigenvalue weighted by molar-refractivity contribution is 6.05. The lowest BCUT2D eigenvalue weighted by Crippen LogP contribution is -2.46. The van der Waals surface area contributed by atoms with Crippen molar-refractivity contribution in [3.05, 3.63) is 106 Å². The van der Waals surface area contributed by atoms with Gasteiger partial charge in [-0.25, -0.2) is 4.98 Å². The van der Waals surface area contributed by atoms with Crippen molar-refractivity contribution in [1.82, 2.24) is 19.4 Å². The molecular weight excluding hydrogens is 560 g/mol. The molecule has 0 aliphatic carbocycles. The normalized spacial score (nSPS) is 14.4. The number of hydrogen-bond acceptors (Lipinski definition) is 6. The Balaban J connectivity index is 1.31. The molecule has 0 atom stereocenters. The first-order valence-corrected chi connectivity index (χ1v) is 15.9. The average molecular weight is 607 g/mol. The van der Waals surface area contributed by atoms with Gasteiger partial charge in [-0.2, -0.15) is 0 Å². The third-order valence-electron chi connectivity index (χ3n) is 8.76. The third kappa shape index (κ3) is 7.88. The summed E-state index contributed by atoms with van der Waals surface area (Å²) in [6.45, 7) is 17.2. The number of anilines is 3. The van der Waals surface area contributed by atoms with Gasteiger partial charge in [-0.1, -0.05) is 64.1 Å². The predicted molar refractivity (Wildman–Crippen MR) is 185 cm³/mol. The van der Waals surface area contributed by atoms with Crippen LogP contribution in [-0.2, 0) is 18.9 Å². The van der Waals surface area contributed by atoms with Gasteiger partial charge in [0, 0.05) is 68.5 Å². The SMILES string of the molecule is CCN1CCN(CCc2cccc(Nc3nc(-c4cccc(NC(=O)c5ccc(C(C)(C)C)cc5)c4C)cn(C)c3=O)c2)CC1. The first-order chi connectivity index (χ1) is 21.5. The molecule has 0 bridgehead atoms. The maximum atomic E-state index is 13.1. The zero-order chi connectivity index (χ0) is 32.1. The molecule has 1 amide bonds. The van der Waals surface area contributed by atoms with E-state index in [4.69, 9.17) is 4.98 Å². The Labute approximate surface area is 267 Å². The number of benzene rings is 3. The zero-order valence-electron chi connectivity index (χ0n) is 27.5. The van der Waals surface area contributed by atoms with Gasteiger partial charge in [0.1, 0.15) is 0 Å². The second-order valence-electron chi connectivity index (χ2n) is 13.0. The van der Waals surface area contributed by atoms with E-state index in [1.807, 2.05) is 61.5 Å². The molecule has 236 valence electrons. The van der Waals surface area contributed by atoms with Gasteiger partial charge in [-0.15, -0.1) is 0 Å². The number of carbonyl (C=O) groups is 1. The van der Waals surface area contributed by atoms with E-state index >= 15 is 0 Å². The van der Waals surface area contributed by atoms with E-state index in [-0.39, 0.29) is 22.7 Å². The summed E-state index contributed by atoms with van der Waals surface area (Å²) < 4.78 is 1.55. The Morgan fingerprint density at radius 3 is 2.31 bits per heavy atom. The fourth-order valence-electron chi connectivity index (χ4n) is 5.74. The van der Waals surface area contributed by atoms with E-state index in [9.17, 15) is 9.59 Å². The Morgan fingerprint density at radius 1 is 0.933 bits per heavy atom. The Kier molecular flexibility index (Phi) is 9.85.